The third-order valence-electron chi connectivity index (χ3n) is 2.98. The Bertz CT molecular complexity index is 118. The summed E-state index contributed by atoms with van der Waals surface area (Å²) >= 11 is 0. The van der Waals surface area contributed by atoms with Crippen LogP contribution in [0, 0.1) is 5.41 Å². The first kappa shape index (κ1) is 8.02. The van der Waals surface area contributed by atoms with Gasteiger partial charge in [0.1, 0.15) is 0 Å². The molecule has 1 heterocycles. The molecule has 0 unspecified atom stereocenters. The van der Waals surface area contributed by atoms with Crippen LogP contribution >= 0.6 is 0 Å². The van der Waals surface area contributed by atoms with E-state index in [1.807, 2.05) is 0 Å². The fourth-order valence-corrected chi connectivity index (χ4v) is 1.17. The normalized spacial score (nSPS) is 24.0. The second-order valence-electron chi connectivity index (χ2n) is 3.87. The summed E-state index contributed by atoms with van der Waals surface area (Å²) in [5.74, 6) is 0. The number of nitrogens with one attached hydrogen (secondary N) is 1. The van der Waals surface area contributed by atoms with Crippen LogP contribution in [-0.4, -0.2) is 23.8 Å². The minimum absolute atomic E-state index is 0.0677. The molecule has 0 bridgehead atoms. The van der Waals surface area contributed by atoms with Crippen LogP contribution in [0.1, 0.15) is 27.2 Å². The monoisotopic (exact) mass is 143 g/mol. The van der Waals surface area contributed by atoms with Gasteiger partial charge in [-0.15, -0.1) is 0 Å². The Morgan fingerprint density at radius 1 is 1.50 bits per heavy atom. The summed E-state index contributed by atoms with van der Waals surface area (Å²) in [7, 11) is 0. The average Bonchev–Trinajstić information content (AvgIpc) is 1.82. The molecule has 0 spiro atoms. The van der Waals surface area contributed by atoms with Crippen molar-refractivity contribution in [3.05, 3.63) is 0 Å². The van der Waals surface area contributed by atoms with Crippen LogP contribution in [0.2, 0.25) is 0 Å². The van der Waals surface area contributed by atoms with Gasteiger partial charge in [0.25, 0.3) is 0 Å². The maximum atomic E-state index is 9.88. The summed E-state index contributed by atoms with van der Waals surface area (Å²) in [6.45, 7) is 7.87. The molecule has 0 saturated carbocycles. The van der Waals surface area contributed by atoms with Gasteiger partial charge in [0.2, 0.25) is 0 Å². The zero-order chi connectivity index (χ0) is 7.83. The van der Waals surface area contributed by atoms with Gasteiger partial charge >= 0.3 is 0 Å². The summed E-state index contributed by atoms with van der Waals surface area (Å²) in [6.07, 6.45) is 1.03. The molecule has 0 amide bonds. The van der Waals surface area contributed by atoms with Gasteiger partial charge in [0, 0.05) is 13.1 Å². The minimum atomic E-state index is -0.443. The molecule has 0 aromatic rings. The summed E-state index contributed by atoms with van der Waals surface area (Å²) < 4.78 is 0. The van der Waals surface area contributed by atoms with Gasteiger partial charge in [-0.05, 0) is 11.8 Å². The quantitative estimate of drug-likeness (QED) is 0.598. The van der Waals surface area contributed by atoms with Crippen LogP contribution in [0.5, 0.6) is 0 Å². The van der Waals surface area contributed by atoms with Crippen molar-refractivity contribution < 1.29 is 5.11 Å². The van der Waals surface area contributed by atoms with Crippen LogP contribution in [0.15, 0.2) is 0 Å². The molecule has 2 heteroatoms. The fourth-order valence-electron chi connectivity index (χ4n) is 1.17. The van der Waals surface area contributed by atoms with Gasteiger partial charge in [0.15, 0.2) is 0 Å². The van der Waals surface area contributed by atoms with Crippen LogP contribution in [0.3, 0.4) is 0 Å². The van der Waals surface area contributed by atoms with E-state index in [2.05, 4.69) is 26.1 Å². The molecule has 1 aliphatic heterocycles. The van der Waals surface area contributed by atoms with Crippen molar-refractivity contribution in [3.8, 4) is 0 Å². The highest BCUT2D eigenvalue weighted by Crippen LogP contribution is 2.36. The summed E-state index contributed by atoms with van der Waals surface area (Å²) in [5.41, 5.74) is -0.375. The zero-order valence-corrected chi connectivity index (χ0v) is 7.07. The van der Waals surface area contributed by atoms with Gasteiger partial charge in [-0.3, -0.25) is 0 Å². The highest BCUT2D eigenvalue weighted by molar-refractivity contribution is 5.02. The highest BCUT2D eigenvalue weighted by atomic mass is 16.3. The Morgan fingerprint density at radius 3 is 2.10 bits per heavy atom. The van der Waals surface area contributed by atoms with Gasteiger partial charge in [-0.1, -0.05) is 20.8 Å². The molecule has 1 aliphatic rings. The van der Waals surface area contributed by atoms with Crippen molar-refractivity contribution in [2.24, 2.45) is 5.41 Å². The lowest BCUT2D eigenvalue weighted by atomic mass is 9.69. The predicted octanol–water partition coefficient (Wildman–Crippen LogP) is 0.757. The second kappa shape index (κ2) is 2.21. The first-order valence-corrected chi connectivity index (χ1v) is 3.95. The lowest BCUT2D eigenvalue weighted by Crippen LogP contribution is -2.66. The lowest BCUT2D eigenvalue weighted by Gasteiger charge is -2.49. The maximum absolute atomic E-state index is 9.88. The van der Waals surface area contributed by atoms with Crippen molar-refractivity contribution in [1.82, 2.24) is 5.32 Å². The van der Waals surface area contributed by atoms with E-state index < -0.39 is 5.60 Å². The molecular weight excluding hydrogens is 126 g/mol. The standard InChI is InChI=1S/C8H17NO/c1-4-7(2,3)8(10)5-9-6-8/h9-10H,4-6H2,1-3H3. The SMILES string of the molecule is CCC(C)(C)C1(O)CNC1. The zero-order valence-electron chi connectivity index (χ0n) is 7.07. The third kappa shape index (κ3) is 0.956. The number of aliphatic hydroxyl groups is 1. The van der Waals surface area contributed by atoms with E-state index in [1.165, 1.54) is 0 Å². The van der Waals surface area contributed by atoms with Crippen molar-refractivity contribution >= 4 is 0 Å². The molecule has 0 aliphatic carbocycles. The van der Waals surface area contributed by atoms with Crippen LogP contribution in [0.4, 0.5) is 0 Å². The molecule has 1 rings (SSSR count). The van der Waals surface area contributed by atoms with Crippen molar-refractivity contribution in [2.45, 2.75) is 32.8 Å². The largest absolute Gasteiger partial charge is 0.387 e. The molecule has 1 fully saturated rings. The van der Waals surface area contributed by atoms with E-state index in [0.717, 1.165) is 19.5 Å². The predicted molar refractivity (Wildman–Crippen MR) is 41.9 cm³/mol. The molecular formula is C8H17NO. The molecule has 1 saturated heterocycles. The third-order valence-corrected chi connectivity index (χ3v) is 2.98. The van der Waals surface area contributed by atoms with Gasteiger partial charge < -0.3 is 10.4 Å². The number of β-amino-alcohol motifs (C(OH)–C–C–N with tert-alkyl or cyclic N) is 1. The molecule has 10 heavy (non-hydrogen) atoms. The second-order valence-corrected chi connectivity index (χ2v) is 3.87. The molecule has 2 nitrogen and oxygen atoms in total. The smallest absolute Gasteiger partial charge is 0.0945 e. The van der Waals surface area contributed by atoms with Crippen molar-refractivity contribution in [1.29, 1.82) is 0 Å². The van der Waals surface area contributed by atoms with Gasteiger partial charge in [-0.25, -0.2) is 0 Å². The molecule has 0 aromatic carbocycles. The van der Waals surface area contributed by atoms with E-state index in [-0.39, 0.29) is 5.41 Å². The van der Waals surface area contributed by atoms with E-state index in [4.69, 9.17) is 0 Å². The Hall–Kier alpha value is -0.0800. The van der Waals surface area contributed by atoms with Crippen molar-refractivity contribution in [2.75, 3.05) is 13.1 Å². The highest BCUT2D eigenvalue weighted by Gasteiger charge is 2.46. The molecule has 0 radical (unpaired) electrons. The molecule has 0 aromatic heterocycles. The van der Waals surface area contributed by atoms with E-state index in [1.54, 1.807) is 0 Å². The topological polar surface area (TPSA) is 32.3 Å². The summed E-state index contributed by atoms with van der Waals surface area (Å²) in [6, 6.07) is 0. The minimum Gasteiger partial charge on any atom is -0.387 e. The Balaban J connectivity index is 2.61. The van der Waals surface area contributed by atoms with Crippen LogP contribution in [0.25, 0.3) is 0 Å². The average molecular weight is 143 g/mol. The van der Waals surface area contributed by atoms with Gasteiger partial charge in [-0.2, -0.15) is 0 Å². The number of hydrogen-bond acceptors (Lipinski definition) is 2. The van der Waals surface area contributed by atoms with Crippen LogP contribution < -0.4 is 5.32 Å². The first-order chi connectivity index (χ1) is 4.52. The molecule has 0 atom stereocenters. The van der Waals surface area contributed by atoms with Crippen molar-refractivity contribution in [3.63, 3.8) is 0 Å². The Kier molecular flexibility index (Phi) is 1.77. The molecule has 60 valence electrons. The van der Waals surface area contributed by atoms with E-state index >= 15 is 0 Å². The number of hydrogen-bond donors (Lipinski definition) is 2. The summed E-state index contributed by atoms with van der Waals surface area (Å²) in [5, 5.41) is 13.0. The maximum Gasteiger partial charge on any atom is 0.0945 e. The Labute approximate surface area is 62.6 Å². The Morgan fingerprint density at radius 2 is 2.00 bits per heavy atom. The van der Waals surface area contributed by atoms with E-state index in [9.17, 15) is 5.11 Å². The number of rotatable bonds is 2. The fraction of sp³-hybridized carbons (Fsp3) is 1.00. The van der Waals surface area contributed by atoms with Gasteiger partial charge in [0.05, 0.1) is 5.60 Å². The lowest BCUT2D eigenvalue weighted by molar-refractivity contribution is -0.106. The van der Waals surface area contributed by atoms with Crippen LogP contribution in [-0.2, 0) is 0 Å². The molecule has 2 N–H and O–H groups in total. The van der Waals surface area contributed by atoms with E-state index in [0.29, 0.717) is 0 Å². The first-order valence-electron chi connectivity index (χ1n) is 3.95. The summed E-state index contributed by atoms with van der Waals surface area (Å²) in [4.78, 5) is 0.